The van der Waals surface area contributed by atoms with Crippen molar-refractivity contribution in [2.24, 2.45) is 4.99 Å². The first kappa shape index (κ1) is 19.0. The van der Waals surface area contributed by atoms with Crippen LogP contribution in [0.1, 0.15) is 16.7 Å². The molecular weight excluding hydrogens is 371 g/mol. The summed E-state index contributed by atoms with van der Waals surface area (Å²) in [5.74, 6) is -0.378. The number of pyridine rings is 1. The zero-order chi connectivity index (χ0) is 20.4. The molecule has 2 aliphatic heterocycles. The predicted octanol–water partition coefficient (Wildman–Crippen LogP) is 2.50. The lowest BCUT2D eigenvalue weighted by Gasteiger charge is -2.14. The molecule has 0 unspecified atom stereocenters. The minimum Gasteiger partial charge on any atom is -0.395 e. The van der Waals surface area contributed by atoms with Gasteiger partial charge in [-0.3, -0.25) is 9.69 Å². The summed E-state index contributed by atoms with van der Waals surface area (Å²) in [4.78, 5) is 24.5. The first-order chi connectivity index (χ1) is 14.0. The second-order valence-corrected chi connectivity index (χ2v) is 6.99. The summed E-state index contributed by atoms with van der Waals surface area (Å²) in [6.45, 7) is 0.967. The molecule has 0 saturated carbocycles. The van der Waals surface area contributed by atoms with Crippen LogP contribution in [0.2, 0.25) is 0 Å². The smallest absolute Gasteiger partial charge is 0.278 e. The third-order valence-electron chi connectivity index (χ3n) is 5.01. The number of carbonyl (C=O) groups is 1. The zero-order valence-electron chi connectivity index (χ0n) is 16.0. The number of rotatable bonds is 5. The van der Waals surface area contributed by atoms with Crippen molar-refractivity contribution in [2.45, 2.75) is 6.42 Å². The zero-order valence-corrected chi connectivity index (χ0v) is 16.0. The molecule has 0 radical (unpaired) electrons. The van der Waals surface area contributed by atoms with Crippen LogP contribution in [0.4, 0.5) is 10.1 Å². The number of amides is 1. The number of hydrogen-bond acceptors (Lipinski definition) is 5. The van der Waals surface area contributed by atoms with Gasteiger partial charge in [-0.2, -0.15) is 4.39 Å². The van der Waals surface area contributed by atoms with E-state index in [0.29, 0.717) is 17.1 Å². The maximum atomic E-state index is 13.0. The summed E-state index contributed by atoms with van der Waals surface area (Å²) < 4.78 is 13.0. The van der Waals surface area contributed by atoms with Crippen LogP contribution in [0, 0.1) is 5.95 Å². The quantitative estimate of drug-likeness (QED) is 0.627. The number of amidine groups is 1. The van der Waals surface area contributed by atoms with Crippen molar-refractivity contribution in [1.82, 2.24) is 9.88 Å². The Kier molecular flexibility index (Phi) is 5.22. The van der Waals surface area contributed by atoms with Crippen molar-refractivity contribution in [1.29, 1.82) is 0 Å². The van der Waals surface area contributed by atoms with Gasteiger partial charge in [-0.25, -0.2) is 9.98 Å². The van der Waals surface area contributed by atoms with Gasteiger partial charge < -0.3 is 10.0 Å². The lowest BCUT2D eigenvalue weighted by atomic mass is 10.1. The molecule has 0 saturated heterocycles. The van der Waals surface area contributed by atoms with Crippen LogP contribution < -0.4 is 4.90 Å². The monoisotopic (exact) mass is 392 g/mol. The van der Waals surface area contributed by atoms with Gasteiger partial charge in [-0.15, -0.1) is 0 Å². The number of aliphatic hydroxyl groups excluding tert-OH is 1. The highest BCUT2D eigenvalue weighted by Crippen LogP contribution is 2.29. The fourth-order valence-corrected chi connectivity index (χ4v) is 3.50. The van der Waals surface area contributed by atoms with E-state index in [2.05, 4.69) is 34.1 Å². The molecule has 1 N–H and O–H groups in total. The largest absolute Gasteiger partial charge is 0.395 e. The van der Waals surface area contributed by atoms with Crippen LogP contribution in [-0.2, 0) is 11.2 Å². The normalized spacial score (nSPS) is 17.6. The molecule has 6 nitrogen and oxygen atoms in total. The lowest BCUT2D eigenvalue weighted by Crippen LogP contribution is -2.33. The highest BCUT2D eigenvalue weighted by atomic mass is 19.1. The summed E-state index contributed by atoms with van der Waals surface area (Å²) in [5, 5.41) is 9.34. The molecule has 0 aliphatic carbocycles. The van der Waals surface area contributed by atoms with Crippen molar-refractivity contribution in [2.75, 3.05) is 31.6 Å². The Hall–Kier alpha value is -3.32. The van der Waals surface area contributed by atoms with E-state index < -0.39 is 5.95 Å². The number of fused-ring (bicyclic) bond motifs is 1. The van der Waals surface area contributed by atoms with Crippen molar-refractivity contribution < 1.29 is 14.3 Å². The molecule has 2 aliphatic rings. The lowest BCUT2D eigenvalue weighted by molar-refractivity contribution is -0.122. The number of nitrogens with zero attached hydrogens (tertiary/aromatic N) is 4. The van der Waals surface area contributed by atoms with Gasteiger partial charge >= 0.3 is 0 Å². The third-order valence-corrected chi connectivity index (χ3v) is 5.01. The summed E-state index contributed by atoms with van der Waals surface area (Å²) >= 11 is 0. The molecule has 1 amide bonds. The van der Waals surface area contributed by atoms with E-state index in [0.717, 1.165) is 18.5 Å². The number of hydrogen-bond donors (Lipinski definition) is 1. The van der Waals surface area contributed by atoms with Crippen LogP contribution in [0.25, 0.3) is 12.2 Å². The summed E-state index contributed by atoms with van der Waals surface area (Å²) in [6, 6.07) is 8.98. The third kappa shape index (κ3) is 3.95. The van der Waals surface area contributed by atoms with Gasteiger partial charge in [0, 0.05) is 25.5 Å². The molecule has 2 aromatic rings. The van der Waals surface area contributed by atoms with E-state index in [9.17, 15) is 14.3 Å². The van der Waals surface area contributed by atoms with Gasteiger partial charge in [0.25, 0.3) is 5.91 Å². The van der Waals surface area contributed by atoms with Crippen molar-refractivity contribution >= 4 is 29.6 Å². The van der Waals surface area contributed by atoms with Gasteiger partial charge in [0.05, 0.1) is 13.2 Å². The number of β-amino-alcohol motifs (C(OH)–C–C–N with tert-alkyl or cyclic N) is 1. The van der Waals surface area contributed by atoms with E-state index in [1.54, 1.807) is 24.3 Å². The fourth-order valence-electron chi connectivity index (χ4n) is 3.50. The molecule has 148 valence electrons. The van der Waals surface area contributed by atoms with Gasteiger partial charge in [-0.1, -0.05) is 6.07 Å². The van der Waals surface area contributed by atoms with Gasteiger partial charge in [-0.05, 0) is 65.6 Å². The topological polar surface area (TPSA) is 69.0 Å². The predicted molar refractivity (Wildman–Crippen MR) is 111 cm³/mol. The summed E-state index contributed by atoms with van der Waals surface area (Å²) in [7, 11) is 2.07. The second-order valence-electron chi connectivity index (χ2n) is 6.99. The minimum atomic E-state index is -0.553. The standard InChI is InChI=1S/C22H21FN4O2/c1-26-9-8-17-12-16(2-5-19(17)26)13-18-22(29)27(10-11-28)21(25-18)7-4-15-3-6-20(23)24-14-15/h2-7,12-14,28H,8-11H2,1H3/b7-4+,18-13-. The Morgan fingerprint density at radius 2 is 2.03 bits per heavy atom. The van der Waals surface area contributed by atoms with E-state index >= 15 is 0 Å². The highest BCUT2D eigenvalue weighted by molar-refractivity contribution is 6.18. The van der Waals surface area contributed by atoms with Crippen LogP contribution >= 0.6 is 0 Å². The summed E-state index contributed by atoms with van der Waals surface area (Å²) in [5.41, 5.74) is 4.40. The second kappa shape index (κ2) is 7.97. The summed E-state index contributed by atoms with van der Waals surface area (Å²) in [6.07, 6.45) is 7.53. The van der Waals surface area contributed by atoms with E-state index in [1.807, 2.05) is 6.07 Å². The maximum absolute atomic E-state index is 13.0. The average Bonchev–Trinajstić information content (AvgIpc) is 3.22. The van der Waals surface area contributed by atoms with Crippen molar-refractivity contribution in [3.8, 4) is 0 Å². The number of aliphatic imine (C=N–C) groups is 1. The number of aliphatic hydroxyl groups is 1. The number of anilines is 1. The van der Waals surface area contributed by atoms with Crippen LogP contribution in [0.5, 0.6) is 0 Å². The van der Waals surface area contributed by atoms with Crippen molar-refractivity contribution in [3.05, 3.63) is 70.9 Å². The average molecular weight is 392 g/mol. The number of halogens is 1. The molecule has 0 bridgehead atoms. The minimum absolute atomic E-state index is 0.149. The molecule has 3 heterocycles. The molecule has 0 spiro atoms. The van der Waals surface area contributed by atoms with Gasteiger partial charge in [0.2, 0.25) is 5.95 Å². The molecule has 29 heavy (non-hydrogen) atoms. The first-order valence-electron chi connectivity index (χ1n) is 9.42. The molecule has 0 atom stereocenters. The van der Waals surface area contributed by atoms with Crippen LogP contribution in [-0.4, -0.2) is 53.5 Å². The Balaban J connectivity index is 1.62. The number of aromatic nitrogens is 1. The molecule has 7 heteroatoms. The Morgan fingerprint density at radius 3 is 2.79 bits per heavy atom. The fraction of sp³-hybridized carbons (Fsp3) is 0.227. The Bertz CT molecular complexity index is 1030. The van der Waals surface area contributed by atoms with E-state index in [4.69, 9.17) is 0 Å². The number of likely N-dealkylation sites (N-methyl/N-ethyl adjacent to an activating group) is 1. The number of benzene rings is 1. The van der Waals surface area contributed by atoms with Crippen LogP contribution in [0.3, 0.4) is 0 Å². The van der Waals surface area contributed by atoms with E-state index in [-0.39, 0.29) is 19.1 Å². The maximum Gasteiger partial charge on any atom is 0.278 e. The number of carbonyl (C=O) groups excluding carboxylic acids is 1. The molecule has 1 aromatic carbocycles. The van der Waals surface area contributed by atoms with Crippen molar-refractivity contribution in [3.63, 3.8) is 0 Å². The molecule has 4 rings (SSSR count). The van der Waals surface area contributed by atoms with Gasteiger partial charge in [0.15, 0.2) is 0 Å². The molecular formula is C22H21FN4O2. The molecule has 1 aromatic heterocycles. The Labute approximate surface area is 168 Å². The first-order valence-corrected chi connectivity index (χ1v) is 9.42. The van der Waals surface area contributed by atoms with E-state index in [1.165, 1.54) is 28.4 Å². The SMILES string of the molecule is CN1CCc2cc(/C=C3N=C(/C=C/c4ccc(F)nc4)N(CCO)C\3=O)ccc21. The molecule has 0 fully saturated rings. The highest BCUT2D eigenvalue weighted by Gasteiger charge is 2.28. The van der Waals surface area contributed by atoms with Crippen LogP contribution in [0.15, 0.2) is 53.3 Å². The van der Waals surface area contributed by atoms with Gasteiger partial charge in [0.1, 0.15) is 11.5 Å². The Morgan fingerprint density at radius 1 is 1.21 bits per heavy atom.